The van der Waals surface area contributed by atoms with Crippen molar-refractivity contribution in [2.45, 2.75) is 0 Å². The molecule has 0 aliphatic rings. The average molecular weight is 486 g/mol. The zero-order chi connectivity index (χ0) is 25.1. The number of benzene rings is 5. The van der Waals surface area contributed by atoms with E-state index in [1.807, 2.05) is 24.4 Å². The van der Waals surface area contributed by atoms with Crippen LogP contribution in [0.25, 0.3) is 66.1 Å². The van der Waals surface area contributed by atoms with E-state index in [4.69, 9.17) is 4.98 Å². The molecule has 0 N–H and O–H groups in total. The van der Waals surface area contributed by atoms with Gasteiger partial charge >= 0.3 is 0 Å². The monoisotopic (exact) mass is 485 g/mol. The SMILES string of the molecule is c1ccc(-c2ccc(-n3c4ccccc4c4cc5cc6ccn(-c7ccccc7)c6cc5cc43)cn2)cc1. The molecule has 0 unspecified atom stereocenters. The molecule has 0 saturated heterocycles. The lowest BCUT2D eigenvalue weighted by Gasteiger charge is -2.10. The minimum Gasteiger partial charge on any atom is -0.317 e. The molecule has 5 aromatic carbocycles. The molecule has 3 aromatic heterocycles. The summed E-state index contributed by atoms with van der Waals surface area (Å²) >= 11 is 0. The minimum absolute atomic E-state index is 0.977. The number of nitrogens with zero attached hydrogens (tertiary/aromatic N) is 3. The van der Waals surface area contributed by atoms with Crippen LogP contribution in [0.5, 0.6) is 0 Å². The van der Waals surface area contributed by atoms with E-state index in [0.29, 0.717) is 0 Å². The van der Waals surface area contributed by atoms with Crippen molar-refractivity contribution in [2.24, 2.45) is 0 Å². The van der Waals surface area contributed by atoms with Crippen LogP contribution in [-0.2, 0) is 0 Å². The van der Waals surface area contributed by atoms with Crippen LogP contribution in [0.3, 0.4) is 0 Å². The Balaban J connectivity index is 1.37. The molecule has 38 heavy (non-hydrogen) atoms. The molecule has 3 heterocycles. The molecule has 3 heteroatoms. The molecule has 0 amide bonds. The normalized spacial score (nSPS) is 11.7. The van der Waals surface area contributed by atoms with Gasteiger partial charge in [-0.1, -0.05) is 66.7 Å². The summed E-state index contributed by atoms with van der Waals surface area (Å²) in [6.07, 6.45) is 4.15. The zero-order valence-corrected chi connectivity index (χ0v) is 20.6. The molecule has 0 bridgehead atoms. The van der Waals surface area contributed by atoms with Crippen molar-refractivity contribution in [3.63, 3.8) is 0 Å². The van der Waals surface area contributed by atoms with Crippen LogP contribution in [0, 0.1) is 0 Å². The van der Waals surface area contributed by atoms with Crippen molar-refractivity contribution in [3.8, 4) is 22.6 Å². The van der Waals surface area contributed by atoms with E-state index >= 15 is 0 Å². The lowest BCUT2D eigenvalue weighted by atomic mass is 10.0. The zero-order valence-electron chi connectivity index (χ0n) is 20.6. The van der Waals surface area contributed by atoms with E-state index in [0.717, 1.165) is 16.9 Å². The predicted octanol–water partition coefficient (Wildman–Crippen LogP) is 8.94. The predicted molar refractivity (Wildman–Crippen MR) is 158 cm³/mol. The quantitative estimate of drug-likeness (QED) is 0.245. The molecule has 0 fully saturated rings. The molecule has 178 valence electrons. The first-order valence-corrected chi connectivity index (χ1v) is 12.9. The van der Waals surface area contributed by atoms with Crippen LogP contribution in [0.1, 0.15) is 0 Å². The van der Waals surface area contributed by atoms with Gasteiger partial charge in [0, 0.05) is 33.6 Å². The molecule has 0 radical (unpaired) electrons. The van der Waals surface area contributed by atoms with Crippen molar-refractivity contribution in [2.75, 3.05) is 0 Å². The average Bonchev–Trinajstić information content (AvgIpc) is 3.54. The Bertz CT molecular complexity index is 2100. The third-order valence-electron chi connectivity index (χ3n) is 7.55. The van der Waals surface area contributed by atoms with Gasteiger partial charge in [-0.3, -0.25) is 4.98 Å². The number of aromatic nitrogens is 3. The van der Waals surface area contributed by atoms with Crippen molar-refractivity contribution in [1.29, 1.82) is 0 Å². The van der Waals surface area contributed by atoms with Crippen LogP contribution in [0.2, 0.25) is 0 Å². The van der Waals surface area contributed by atoms with Gasteiger partial charge in [0.2, 0.25) is 0 Å². The standard InChI is InChI=1S/C35H23N3/c1-3-9-24(10-4-1)32-16-15-29(23-36-32)38-33-14-8-7-13-30(33)31-20-26-19-25-17-18-37(28-11-5-2-6-12-28)34(25)21-27(26)22-35(31)38/h1-23H. The molecule has 0 aliphatic heterocycles. The summed E-state index contributed by atoms with van der Waals surface area (Å²) < 4.78 is 4.60. The molecule has 8 aromatic rings. The van der Waals surface area contributed by atoms with Crippen LogP contribution in [0.15, 0.2) is 140 Å². The van der Waals surface area contributed by atoms with Crippen molar-refractivity contribution < 1.29 is 0 Å². The first-order chi connectivity index (χ1) is 18.8. The molecule has 3 nitrogen and oxygen atoms in total. The highest BCUT2D eigenvalue weighted by Crippen LogP contribution is 2.36. The van der Waals surface area contributed by atoms with Crippen molar-refractivity contribution in [1.82, 2.24) is 14.1 Å². The molecule has 0 saturated carbocycles. The lowest BCUT2D eigenvalue weighted by Crippen LogP contribution is -1.95. The summed E-state index contributed by atoms with van der Waals surface area (Å²) in [5.74, 6) is 0. The highest BCUT2D eigenvalue weighted by atomic mass is 15.0. The Labute approximate surface area is 219 Å². The Kier molecular flexibility index (Phi) is 4.52. The minimum atomic E-state index is 0.977. The number of fused-ring (bicyclic) bond motifs is 5. The van der Waals surface area contributed by atoms with Gasteiger partial charge in [-0.2, -0.15) is 0 Å². The summed E-state index contributed by atoms with van der Waals surface area (Å²) in [5, 5.41) is 6.21. The third-order valence-corrected chi connectivity index (χ3v) is 7.55. The second-order valence-corrected chi connectivity index (χ2v) is 9.77. The van der Waals surface area contributed by atoms with Crippen LogP contribution < -0.4 is 0 Å². The summed E-state index contributed by atoms with van der Waals surface area (Å²) in [6, 6.07) is 45.3. The maximum Gasteiger partial charge on any atom is 0.0703 e. The first kappa shape index (κ1) is 21.0. The highest BCUT2D eigenvalue weighted by Gasteiger charge is 2.15. The maximum atomic E-state index is 4.84. The number of para-hydroxylation sites is 2. The van der Waals surface area contributed by atoms with Gasteiger partial charge in [0.1, 0.15) is 0 Å². The van der Waals surface area contributed by atoms with Gasteiger partial charge in [0.15, 0.2) is 0 Å². The van der Waals surface area contributed by atoms with Crippen molar-refractivity contribution in [3.05, 3.63) is 140 Å². The van der Waals surface area contributed by atoms with Gasteiger partial charge in [0.25, 0.3) is 0 Å². The van der Waals surface area contributed by atoms with Crippen LogP contribution >= 0.6 is 0 Å². The van der Waals surface area contributed by atoms with Crippen LogP contribution in [-0.4, -0.2) is 14.1 Å². The van der Waals surface area contributed by atoms with E-state index in [1.54, 1.807) is 0 Å². The lowest BCUT2D eigenvalue weighted by molar-refractivity contribution is 1.13. The molecular weight excluding hydrogens is 462 g/mol. The molecule has 8 rings (SSSR count). The summed E-state index contributed by atoms with van der Waals surface area (Å²) in [5.41, 5.74) is 7.91. The van der Waals surface area contributed by atoms with Gasteiger partial charge in [-0.05, 0) is 71.4 Å². The van der Waals surface area contributed by atoms with Gasteiger partial charge < -0.3 is 9.13 Å². The largest absolute Gasteiger partial charge is 0.317 e. The highest BCUT2D eigenvalue weighted by molar-refractivity contribution is 6.15. The molecule has 0 aliphatic carbocycles. The van der Waals surface area contributed by atoms with Gasteiger partial charge in [-0.15, -0.1) is 0 Å². The second kappa shape index (κ2) is 8.19. The fourth-order valence-electron chi connectivity index (χ4n) is 5.74. The summed E-state index contributed by atoms with van der Waals surface area (Å²) in [6.45, 7) is 0. The Morgan fingerprint density at radius 3 is 2.03 bits per heavy atom. The van der Waals surface area contributed by atoms with E-state index < -0.39 is 0 Å². The molecule has 0 atom stereocenters. The summed E-state index contributed by atoms with van der Waals surface area (Å²) in [4.78, 5) is 4.84. The number of pyridine rings is 1. The Morgan fingerprint density at radius 2 is 1.21 bits per heavy atom. The van der Waals surface area contributed by atoms with E-state index in [2.05, 4.69) is 125 Å². The summed E-state index contributed by atoms with van der Waals surface area (Å²) in [7, 11) is 0. The smallest absolute Gasteiger partial charge is 0.0703 e. The topological polar surface area (TPSA) is 22.8 Å². The van der Waals surface area contributed by atoms with E-state index in [-0.39, 0.29) is 0 Å². The number of hydrogen-bond acceptors (Lipinski definition) is 1. The first-order valence-electron chi connectivity index (χ1n) is 12.9. The molecular formula is C35H23N3. The second-order valence-electron chi connectivity index (χ2n) is 9.77. The number of hydrogen-bond donors (Lipinski definition) is 0. The van der Waals surface area contributed by atoms with Gasteiger partial charge in [0.05, 0.1) is 34.1 Å². The Hall–Kier alpha value is -5.15. The fraction of sp³-hybridized carbons (Fsp3) is 0. The maximum absolute atomic E-state index is 4.84. The van der Waals surface area contributed by atoms with Crippen LogP contribution in [0.4, 0.5) is 0 Å². The van der Waals surface area contributed by atoms with Gasteiger partial charge in [-0.25, -0.2) is 0 Å². The van der Waals surface area contributed by atoms with E-state index in [1.165, 1.54) is 49.2 Å². The third kappa shape index (κ3) is 3.19. The fourth-order valence-corrected chi connectivity index (χ4v) is 5.74. The van der Waals surface area contributed by atoms with Crippen molar-refractivity contribution >= 4 is 43.5 Å². The van der Waals surface area contributed by atoms with E-state index in [9.17, 15) is 0 Å². The number of rotatable bonds is 3. The Morgan fingerprint density at radius 1 is 0.474 bits per heavy atom. The molecule has 0 spiro atoms.